The Balaban J connectivity index is 1.23. The van der Waals surface area contributed by atoms with Gasteiger partial charge in [0.25, 0.3) is 0 Å². The van der Waals surface area contributed by atoms with Crippen LogP contribution in [0.5, 0.6) is 0 Å². The van der Waals surface area contributed by atoms with E-state index in [9.17, 15) is 0 Å². The van der Waals surface area contributed by atoms with Crippen molar-refractivity contribution in [3.63, 3.8) is 0 Å². The molecule has 1 fully saturated rings. The quantitative estimate of drug-likeness (QED) is 0.479. The Morgan fingerprint density at radius 1 is 0.774 bits per heavy atom. The van der Waals surface area contributed by atoms with Gasteiger partial charge in [-0.3, -0.25) is 5.01 Å². The lowest BCUT2D eigenvalue weighted by Gasteiger charge is -2.40. The molecule has 0 bridgehead atoms. The van der Waals surface area contributed by atoms with Crippen molar-refractivity contribution in [1.29, 1.82) is 0 Å². The Bertz CT molecular complexity index is 1120. The molecule has 2 aliphatic heterocycles. The van der Waals surface area contributed by atoms with Crippen molar-refractivity contribution in [2.24, 2.45) is 5.41 Å². The van der Waals surface area contributed by atoms with E-state index in [2.05, 4.69) is 57.8 Å². The van der Waals surface area contributed by atoms with Gasteiger partial charge in [-0.2, -0.15) is 0 Å². The molecule has 0 radical (unpaired) electrons. The highest BCUT2D eigenvalue weighted by atomic mass is 35.5. The molecule has 158 valence electrons. The molecule has 1 saturated heterocycles. The van der Waals surface area contributed by atoms with E-state index in [4.69, 9.17) is 23.2 Å². The van der Waals surface area contributed by atoms with E-state index in [0.717, 1.165) is 31.0 Å². The maximum Gasteiger partial charge on any atom is 0.0844 e. The van der Waals surface area contributed by atoms with Gasteiger partial charge in [-0.05, 0) is 72.1 Å². The van der Waals surface area contributed by atoms with Crippen LogP contribution in [0.3, 0.4) is 0 Å². The molecule has 2 heterocycles. The number of piperidine rings is 1. The molecule has 1 spiro atoms. The van der Waals surface area contributed by atoms with Crippen molar-refractivity contribution in [3.8, 4) is 0 Å². The molecule has 5 heteroatoms. The summed E-state index contributed by atoms with van der Waals surface area (Å²) in [4.78, 5) is 2.55. The van der Waals surface area contributed by atoms with E-state index >= 15 is 0 Å². The summed E-state index contributed by atoms with van der Waals surface area (Å²) in [5, 5.41) is 3.23. The monoisotopic (exact) mass is 449 g/mol. The van der Waals surface area contributed by atoms with E-state index in [1.165, 1.54) is 36.9 Å². The second kappa shape index (κ2) is 7.44. The summed E-state index contributed by atoms with van der Waals surface area (Å²) < 4.78 is 0. The Morgan fingerprint density at radius 3 is 2.26 bits per heavy atom. The normalized spacial score (nSPS) is 19.0. The predicted molar refractivity (Wildman–Crippen MR) is 130 cm³/mol. The summed E-state index contributed by atoms with van der Waals surface area (Å²) in [7, 11) is 0. The fourth-order valence-electron chi connectivity index (χ4n) is 5.60. The molecule has 6 rings (SSSR count). The van der Waals surface area contributed by atoms with Crippen LogP contribution in [0.2, 0.25) is 10.0 Å². The summed E-state index contributed by atoms with van der Waals surface area (Å²) in [6.07, 6.45) is 4.99. The molecule has 0 aromatic heterocycles. The van der Waals surface area contributed by atoms with Crippen LogP contribution in [0.4, 0.5) is 17.1 Å². The van der Waals surface area contributed by atoms with Gasteiger partial charge >= 0.3 is 0 Å². The first kappa shape index (κ1) is 19.5. The van der Waals surface area contributed by atoms with Crippen LogP contribution in [0.15, 0.2) is 60.7 Å². The summed E-state index contributed by atoms with van der Waals surface area (Å²) in [6, 6.07) is 21.6. The number of nitrogens with one attached hydrogen (secondary N) is 1. The van der Waals surface area contributed by atoms with Crippen LogP contribution in [0.25, 0.3) is 0 Å². The molecule has 3 aromatic carbocycles. The molecule has 1 aliphatic carbocycles. The molecule has 3 aromatic rings. The maximum atomic E-state index is 6.51. The van der Waals surface area contributed by atoms with Gasteiger partial charge < -0.3 is 4.90 Å². The number of anilines is 3. The number of hydrogen-bond donors (Lipinski definition) is 1. The standard InChI is InChI=1S/C26H25Cl2N3/c27-22-6-3-7-23(25(22)28)31-24-14-21(9-8-20(24)17-29-31)30-12-10-26(11-13-30)15-18-4-1-2-5-19(18)16-26/h1-9,14,29H,10-13,15-17H2. The Labute approximate surface area is 193 Å². The molecule has 31 heavy (non-hydrogen) atoms. The third kappa shape index (κ3) is 3.31. The topological polar surface area (TPSA) is 18.5 Å². The average molecular weight is 450 g/mol. The second-order valence-electron chi connectivity index (χ2n) is 9.17. The van der Waals surface area contributed by atoms with Crippen molar-refractivity contribution < 1.29 is 0 Å². The van der Waals surface area contributed by atoms with Crippen molar-refractivity contribution in [1.82, 2.24) is 5.43 Å². The van der Waals surface area contributed by atoms with Gasteiger partial charge in [-0.25, -0.2) is 5.43 Å². The number of hydrogen-bond acceptors (Lipinski definition) is 3. The highest BCUT2D eigenvalue weighted by Crippen LogP contribution is 2.46. The van der Waals surface area contributed by atoms with Gasteiger partial charge in [0.2, 0.25) is 0 Å². The van der Waals surface area contributed by atoms with E-state index in [1.54, 1.807) is 11.1 Å². The largest absolute Gasteiger partial charge is 0.371 e. The molecule has 0 unspecified atom stereocenters. The Kier molecular flexibility index (Phi) is 4.68. The molecule has 0 saturated carbocycles. The molecule has 0 atom stereocenters. The van der Waals surface area contributed by atoms with E-state index in [1.807, 2.05) is 18.2 Å². The van der Waals surface area contributed by atoms with Gasteiger partial charge in [0.15, 0.2) is 0 Å². The van der Waals surface area contributed by atoms with Crippen LogP contribution in [0, 0.1) is 5.41 Å². The summed E-state index contributed by atoms with van der Waals surface area (Å²) in [5.74, 6) is 0. The van der Waals surface area contributed by atoms with Crippen molar-refractivity contribution in [2.45, 2.75) is 32.2 Å². The predicted octanol–water partition coefficient (Wildman–Crippen LogP) is 6.54. The van der Waals surface area contributed by atoms with E-state index in [-0.39, 0.29) is 0 Å². The number of nitrogens with zero attached hydrogens (tertiary/aromatic N) is 2. The molecule has 3 aliphatic rings. The van der Waals surface area contributed by atoms with Crippen molar-refractivity contribution in [3.05, 3.63) is 87.4 Å². The Hall–Kier alpha value is -2.20. The first-order valence-corrected chi connectivity index (χ1v) is 11.8. The lowest BCUT2D eigenvalue weighted by molar-refractivity contribution is 0.233. The third-order valence-corrected chi connectivity index (χ3v) is 8.16. The lowest BCUT2D eigenvalue weighted by Crippen LogP contribution is -2.40. The van der Waals surface area contributed by atoms with Crippen LogP contribution in [-0.4, -0.2) is 13.1 Å². The first-order chi connectivity index (χ1) is 15.1. The lowest BCUT2D eigenvalue weighted by atomic mass is 9.76. The minimum Gasteiger partial charge on any atom is -0.371 e. The number of benzene rings is 3. The van der Waals surface area contributed by atoms with Crippen molar-refractivity contribution >= 4 is 40.3 Å². The molecule has 3 nitrogen and oxygen atoms in total. The van der Waals surface area contributed by atoms with Crippen LogP contribution < -0.4 is 15.3 Å². The number of fused-ring (bicyclic) bond motifs is 2. The van der Waals surface area contributed by atoms with Crippen LogP contribution >= 0.6 is 23.2 Å². The zero-order valence-electron chi connectivity index (χ0n) is 17.4. The van der Waals surface area contributed by atoms with E-state index < -0.39 is 0 Å². The minimum atomic E-state index is 0.457. The number of halogens is 2. The molecule has 1 N–H and O–H groups in total. The fourth-order valence-corrected chi connectivity index (χ4v) is 5.98. The fraction of sp³-hybridized carbons (Fsp3) is 0.308. The van der Waals surface area contributed by atoms with Gasteiger partial charge in [0.05, 0.1) is 21.4 Å². The highest BCUT2D eigenvalue weighted by molar-refractivity contribution is 6.43. The zero-order valence-corrected chi connectivity index (χ0v) is 18.9. The molecule has 0 amide bonds. The van der Waals surface area contributed by atoms with Gasteiger partial charge in [0.1, 0.15) is 0 Å². The van der Waals surface area contributed by atoms with Gasteiger partial charge in [-0.1, -0.05) is 59.6 Å². The van der Waals surface area contributed by atoms with Gasteiger partial charge in [-0.15, -0.1) is 0 Å². The molecular weight excluding hydrogens is 425 g/mol. The van der Waals surface area contributed by atoms with Crippen LogP contribution in [0.1, 0.15) is 29.5 Å². The average Bonchev–Trinajstić information content (AvgIpc) is 3.37. The highest BCUT2D eigenvalue weighted by Gasteiger charge is 2.39. The van der Waals surface area contributed by atoms with E-state index in [0.29, 0.717) is 15.5 Å². The van der Waals surface area contributed by atoms with Crippen LogP contribution in [-0.2, 0) is 19.4 Å². The first-order valence-electron chi connectivity index (χ1n) is 11.0. The second-order valence-corrected chi connectivity index (χ2v) is 9.95. The van der Waals surface area contributed by atoms with Crippen molar-refractivity contribution in [2.75, 3.05) is 23.0 Å². The Morgan fingerprint density at radius 2 is 1.52 bits per heavy atom. The van der Waals surface area contributed by atoms with Gasteiger partial charge in [0, 0.05) is 25.3 Å². The maximum absolute atomic E-state index is 6.51. The summed E-state index contributed by atoms with van der Waals surface area (Å²) in [5.41, 5.74) is 11.7. The number of rotatable bonds is 2. The zero-order chi connectivity index (χ0) is 21.0. The summed E-state index contributed by atoms with van der Waals surface area (Å²) in [6.45, 7) is 3.01. The number of hydrazine groups is 1. The minimum absolute atomic E-state index is 0.457. The third-order valence-electron chi connectivity index (χ3n) is 7.35. The smallest absolute Gasteiger partial charge is 0.0844 e. The summed E-state index contributed by atoms with van der Waals surface area (Å²) >= 11 is 12.8. The SMILES string of the molecule is Clc1cccc(N2NCc3ccc(N4CCC5(CC4)Cc4ccccc4C5)cc32)c1Cl. The molecular formula is C26H25Cl2N3.